The quantitative estimate of drug-likeness (QED) is 0.920. The zero-order valence-electron chi connectivity index (χ0n) is 10.1. The predicted molar refractivity (Wildman–Crippen MR) is 60.3 cm³/mol. The van der Waals surface area contributed by atoms with Gasteiger partial charge < -0.3 is 5.73 Å². The first-order chi connectivity index (χ1) is 7.98. The third kappa shape index (κ3) is 2.51. The fourth-order valence-electron chi connectivity index (χ4n) is 1.37. The van der Waals surface area contributed by atoms with E-state index in [1.54, 1.807) is 6.92 Å². The Kier molecular flexibility index (Phi) is 3.78. The van der Waals surface area contributed by atoms with Crippen molar-refractivity contribution < 1.29 is 18.0 Å². The summed E-state index contributed by atoms with van der Waals surface area (Å²) in [5.74, 6) is -1.15. The van der Waals surface area contributed by atoms with Crippen molar-refractivity contribution in [2.24, 2.45) is 12.8 Å². The lowest BCUT2D eigenvalue weighted by Gasteiger charge is -2.25. The molecule has 8 heteroatoms. The molecule has 0 aliphatic heterocycles. The Balaban J connectivity index is 3.02. The zero-order chi connectivity index (χ0) is 14.3. The second-order valence-corrected chi connectivity index (χ2v) is 4.65. The summed E-state index contributed by atoms with van der Waals surface area (Å²) in [5, 5.41) is 4.10. The molecular weight excluding hydrogens is 271 g/mol. The van der Waals surface area contributed by atoms with Crippen molar-refractivity contribution >= 4 is 17.4 Å². The number of hydrogen-bond acceptors (Lipinski definition) is 3. The van der Waals surface area contributed by atoms with Crippen LogP contribution < -0.4 is 5.73 Å². The number of halogens is 4. The lowest BCUT2D eigenvalue weighted by atomic mass is 9.93. The first kappa shape index (κ1) is 15.0. The SMILES string of the molecule is Cc1nn(C)c(CC(=O)C(C)(N)C(F)(F)F)c1Cl. The molecule has 0 aliphatic rings. The Morgan fingerprint density at radius 1 is 1.50 bits per heavy atom. The number of nitrogens with two attached hydrogens (primary N) is 1. The summed E-state index contributed by atoms with van der Waals surface area (Å²) in [5.41, 5.74) is 2.82. The Hall–Kier alpha value is -1.08. The van der Waals surface area contributed by atoms with Gasteiger partial charge in [-0.1, -0.05) is 11.6 Å². The molecule has 2 N–H and O–H groups in total. The van der Waals surface area contributed by atoms with Crippen molar-refractivity contribution in [3.8, 4) is 0 Å². The number of aromatic nitrogens is 2. The van der Waals surface area contributed by atoms with E-state index in [9.17, 15) is 18.0 Å². The summed E-state index contributed by atoms with van der Waals surface area (Å²) in [6.45, 7) is 2.24. The van der Waals surface area contributed by atoms with E-state index in [1.165, 1.54) is 11.7 Å². The second-order valence-electron chi connectivity index (χ2n) is 4.27. The average Bonchev–Trinajstić information content (AvgIpc) is 2.43. The Bertz CT molecular complexity index is 479. The third-order valence-electron chi connectivity index (χ3n) is 2.76. The molecule has 0 bridgehead atoms. The molecule has 4 nitrogen and oxygen atoms in total. The highest BCUT2D eigenvalue weighted by molar-refractivity contribution is 6.32. The van der Waals surface area contributed by atoms with Gasteiger partial charge in [-0.15, -0.1) is 0 Å². The molecule has 0 radical (unpaired) electrons. The molecule has 1 aromatic heterocycles. The summed E-state index contributed by atoms with van der Waals surface area (Å²) in [6, 6.07) is 0. The van der Waals surface area contributed by atoms with Crippen LogP contribution in [0.3, 0.4) is 0 Å². The van der Waals surface area contributed by atoms with Gasteiger partial charge in [-0.05, 0) is 13.8 Å². The second kappa shape index (κ2) is 4.55. The smallest absolute Gasteiger partial charge is 0.312 e. The van der Waals surface area contributed by atoms with Crippen LogP contribution in [0, 0.1) is 6.92 Å². The number of aryl methyl sites for hydroxylation is 2. The van der Waals surface area contributed by atoms with Gasteiger partial charge in [0.05, 0.1) is 22.8 Å². The number of nitrogens with zero attached hydrogens (tertiary/aromatic N) is 2. The zero-order valence-corrected chi connectivity index (χ0v) is 10.9. The number of alkyl halides is 3. The molecule has 0 fully saturated rings. The van der Waals surface area contributed by atoms with Gasteiger partial charge in [-0.3, -0.25) is 9.48 Å². The number of ketones is 1. The Labute approximate surface area is 107 Å². The molecule has 1 unspecified atom stereocenters. The van der Waals surface area contributed by atoms with Gasteiger partial charge >= 0.3 is 6.18 Å². The lowest BCUT2D eigenvalue weighted by Crippen LogP contribution is -2.57. The van der Waals surface area contributed by atoms with Gasteiger partial charge in [0.1, 0.15) is 0 Å². The van der Waals surface area contributed by atoms with E-state index in [0.717, 1.165) is 0 Å². The van der Waals surface area contributed by atoms with E-state index >= 15 is 0 Å². The van der Waals surface area contributed by atoms with Crippen molar-refractivity contribution in [3.63, 3.8) is 0 Å². The van der Waals surface area contributed by atoms with E-state index in [-0.39, 0.29) is 10.7 Å². The van der Waals surface area contributed by atoms with Crippen LogP contribution in [0.2, 0.25) is 5.02 Å². The molecule has 1 atom stereocenters. The van der Waals surface area contributed by atoms with E-state index in [0.29, 0.717) is 12.6 Å². The Morgan fingerprint density at radius 3 is 2.33 bits per heavy atom. The monoisotopic (exact) mass is 283 g/mol. The van der Waals surface area contributed by atoms with Crippen LogP contribution in [0.4, 0.5) is 13.2 Å². The maximum absolute atomic E-state index is 12.6. The van der Waals surface area contributed by atoms with Gasteiger partial charge in [0.2, 0.25) is 0 Å². The van der Waals surface area contributed by atoms with Crippen LogP contribution in [-0.2, 0) is 18.3 Å². The van der Waals surface area contributed by atoms with Crippen LogP contribution in [0.15, 0.2) is 0 Å². The van der Waals surface area contributed by atoms with Crippen molar-refractivity contribution in [1.29, 1.82) is 0 Å². The maximum Gasteiger partial charge on any atom is 0.413 e. The fourth-order valence-corrected chi connectivity index (χ4v) is 1.59. The lowest BCUT2D eigenvalue weighted by molar-refractivity contribution is -0.185. The van der Waals surface area contributed by atoms with Crippen molar-refractivity contribution in [1.82, 2.24) is 9.78 Å². The minimum Gasteiger partial charge on any atom is -0.312 e. The van der Waals surface area contributed by atoms with Gasteiger partial charge in [-0.2, -0.15) is 18.3 Å². The van der Waals surface area contributed by atoms with Crippen molar-refractivity contribution in [3.05, 3.63) is 16.4 Å². The molecule has 0 saturated heterocycles. The van der Waals surface area contributed by atoms with E-state index < -0.39 is 23.9 Å². The van der Waals surface area contributed by atoms with Gasteiger partial charge in [0.15, 0.2) is 11.3 Å². The van der Waals surface area contributed by atoms with Crippen LogP contribution in [-0.4, -0.2) is 27.3 Å². The molecule has 0 aliphatic carbocycles. The average molecular weight is 284 g/mol. The summed E-state index contributed by atoms with van der Waals surface area (Å²) < 4.78 is 39.1. The first-order valence-corrected chi connectivity index (χ1v) is 5.43. The highest BCUT2D eigenvalue weighted by atomic mass is 35.5. The molecule has 1 aromatic rings. The summed E-state index contributed by atoms with van der Waals surface area (Å²) >= 11 is 5.86. The molecule has 0 aromatic carbocycles. The summed E-state index contributed by atoms with van der Waals surface area (Å²) in [7, 11) is 1.50. The number of Topliss-reactive ketones (excluding diaryl/α,β-unsaturated/α-hetero) is 1. The van der Waals surface area contributed by atoms with Crippen LogP contribution >= 0.6 is 11.6 Å². The summed E-state index contributed by atoms with van der Waals surface area (Å²) in [4.78, 5) is 11.6. The molecule has 0 spiro atoms. The first-order valence-electron chi connectivity index (χ1n) is 5.05. The fraction of sp³-hybridized carbons (Fsp3) is 0.600. The van der Waals surface area contributed by atoms with Gasteiger partial charge in [-0.25, -0.2) is 0 Å². The number of hydrogen-bond donors (Lipinski definition) is 1. The van der Waals surface area contributed by atoms with Crippen LogP contribution in [0.25, 0.3) is 0 Å². The highest BCUT2D eigenvalue weighted by Gasteiger charge is 2.53. The molecule has 0 saturated carbocycles. The summed E-state index contributed by atoms with van der Waals surface area (Å²) in [6.07, 6.45) is -5.31. The maximum atomic E-state index is 12.6. The normalized spacial score (nSPS) is 15.6. The standard InChI is InChI=1S/C10H13ClF3N3O/c1-5-8(11)6(17(3)16-5)4-7(18)9(2,15)10(12,13)14/h4,15H2,1-3H3. The van der Waals surface area contributed by atoms with E-state index in [4.69, 9.17) is 17.3 Å². The molecule has 1 rings (SSSR count). The topological polar surface area (TPSA) is 60.9 Å². The van der Waals surface area contributed by atoms with Gasteiger partial charge in [0, 0.05) is 7.05 Å². The molecule has 1 heterocycles. The van der Waals surface area contributed by atoms with E-state index in [2.05, 4.69) is 5.10 Å². The molecule has 0 amide bonds. The third-order valence-corrected chi connectivity index (χ3v) is 3.25. The molecule has 102 valence electrons. The molecule has 18 heavy (non-hydrogen) atoms. The largest absolute Gasteiger partial charge is 0.413 e. The van der Waals surface area contributed by atoms with Gasteiger partial charge in [0.25, 0.3) is 0 Å². The van der Waals surface area contributed by atoms with Crippen LogP contribution in [0.1, 0.15) is 18.3 Å². The number of carbonyl (C=O) groups is 1. The van der Waals surface area contributed by atoms with E-state index in [1.807, 2.05) is 0 Å². The number of carbonyl (C=O) groups excluding carboxylic acids is 1. The highest BCUT2D eigenvalue weighted by Crippen LogP contribution is 2.30. The number of rotatable bonds is 3. The minimum atomic E-state index is -4.80. The van der Waals surface area contributed by atoms with Crippen molar-refractivity contribution in [2.75, 3.05) is 0 Å². The Morgan fingerprint density at radius 2 is 2.00 bits per heavy atom. The predicted octanol–water partition coefficient (Wildman–Crippen LogP) is 1.77. The van der Waals surface area contributed by atoms with Crippen molar-refractivity contribution in [2.45, 2.75) is 32.0 Å². The minimum absolute atomic E-state index is 0.184. The van der Waals surface area contributed by atoms with Crippen LogP contribution in [0.5, 0.6) is 0 Å². The molecular formula is C10H13ClF3N3O.